The van der Waals surface area contributed by atoms with Crippen molar-refractivity contribution < 1.29 is 9.59 Å². The molecule has 0 atom stereocenters. The number of benzene rings is 1. The second kappa shape index (κ2) is 6.91. The first-order valence-electron chi connectivity index (χ1n) is 8.44. The van der Waals surface area contributed by atoms with E-state index < -0.39 is 5.41 Å². The third-order valence-corrected chi connectivity index (χ3v) is 5.20. The van der Waals surface area contributed by atoms with Crippen LogP contribution in [0.2, 0.25) is 5.02 Å². The minimum absolute atomic E-state index is 0.0676. The van der Waals surface area contributed by atoms with Crippen LogP contribution in [0, 0.1) is 5.92 Å². The summed E-state index contributed by atoms with van der Waals surface area (Å²) in [5, 5.41) is 6.57. The van der Waals surface area contributed by atoms with Gasteiger partial charge in [0.25, 0.3) is 0 Å². The van der Waals surface area contributed by atoms with E-state index in [0.29, 0.717) is 18.1 Å². The predicted molar refractivity (Wildman–Crippen MR) is 90.3 cm³/mol. The first-order chi connectivity index (χ1) is 11.1. The Labute approximate surface area is 142 Å². The molecule has 2 fully saturated rings. The highest BCUT2D eigenvalue weighted by molar-refractivity contribution is 6.30. The first-order valence-corrected chi connectivity index (χ1v) is 8.82. The van der Waals surface area contributed by atoms with Crippen LogP contribution >= 0.6 is 11.6 Å². The largest absolute Gasteiger partial charge is 0.354 e. The van der Waals surface area contributed by atoms with Crippen molar-refractivity contribution in [3.05, 3.63) is 34.9 Å². The lowest BCUT2D eigenvalue weighted by Crippen LogP contribution is -2.45. The lowest BCUT2D eigenvalue weighted by Gasteiger charge is -2.28. The van der Waals surface area contributed by atoms with Crippen LogP contribution in [-0.2, 0) is 15.0 Å². The molecule has 0 bridgehead atoms. The van der Waals surface area contributed by atoms with Gasteiger partial charge in [-0.1, -0.05) is 36.6 Å². The Balaban J connectivity index is 1.58. The van der Waals surface area contributed by atoms with Gasteiger partial charge in [0.05, 0.1) is 5.41 Å². The van der Waals surface area contributed by atoms with E-state index in [1.165, 1.54) is 0 Å². The van der Waals surface area contributed by atoms with Crippen molar-refractivity contribution in [1.82, 2.24) is 10.6 Å². The number of amides is 2. The zero-order valence-corrected chi connectivity index (χ0v) is 14.0. The molecule has 2 N–H and O–H groups in total. The topological polar surface area (TPSA) is 58.2 Å². The molecule has 1 aromatic rings. The van der Waals surface area contributed by atoms with Crippen molar-refractivity contribution in [2.24, 2.45) is 5.92 Å². The number of carbonyl (C=O) groups is 2. The maximum absolute atomic E-state index is 12.8. The summed E-state index contributed by atoms with van der Waals surface area (Å²) in [6, 6.07) is 7.62. The molecule has 0 spiro atoms. The van der Waals surface area contributed by atoms with E-state index >= 15 is 0 Å². The van der Waals surface area contributed by atoms with Crippen LogP contribution in [0.3, 0.4) is 0 Å². The van der Waals surface area contributed by atoms with Crippen LogP contribution in [0.4, 0.5) is 0 Å². The molecule has 0 aliphatic heterocycles. The van der Waals surface area contributed by atoms with E-state index in [0.717, 1.165) is 44.1 Å². The highest BCUT2D eigenvalue weighted by Crippen LogP contribution is 2.41. The van der Waals surface area contributed by atoms with Gasteiger partial charge in [-0.25, -0.2) is 0 Å². The van der Waals surface area contributed by atoms with E-state index in [-0.39, 0.29) is 17.7 Å². The summed E-state index contributed by atoms with van der Waals surface area (Å²) < 4.78 is 0. The first kappa shape index (κ1) is 16.3. The van der Waals surface area contributed by atoms with Crippen LogP contribution < -0.4 is 10.6 Å². The fourth-order valence-corrected chi connectivity index (χ4v) is 3.54. The molecule has 3 rings (SSSR count). The SMILES string of the molecule is O=C(NCCNC(=O)C1(c2ccc(Cl)cc2)CCCC1)C1CC1. The fourth-order valence-electron chi connectivity index (χ4n) is 3.42. The van der Waals surface area contributed by atoms with Gasteiger partial charge in [-0.3, -0.25) is 9.59 Å². The van der Waals surface area contributed by atoms with Crippen molar-refractivity contribution in [1.29, 1.82) is 0 Å². The highest BCUT2D eigenvalue weighted by atomic mass is 35.5. The number of halogens is 1. The smallest absolute Gasteiger partial charge is 0.230 e. The molecule has 0 aromatic heterocycles. The quantitative estimate of drug-likeness (QED) is 0.786. The minimum Gasteiger partial charge on any atom is -0.354 e. The molecular formula is C18H23ClN2O2. The monoisotopic (exact) mass is 334 g/mol. The standard InChI is InChI=1S/C18H23ClN2O2/c19-15-7-5-14(6-8-15)18(9-1-2-10-18)17(23)21-12-11-20-16(22)13-3-4-13/h5-8,13H,1-4,9-12H2,(H,20,22)(H,21,23). The summed E-state index contributed by atoms with van der Waals surface area (Å²) in [5.74, 6) is 0.395. The van der Waals surface area contributed by atoms with Gasteiger partial charge in [-0.2, -0.15) is 0 Å². The van der Waals surface area contributed by atoms with Gasteiger partial charge in [-0.05, 0) is 43.4 Å². The number of hydrogen-bond acceptors (Lipinski definition) is 2. The molecule has 23 heavy (non-hydrogen) atoms. The Hall–Kier alpha value is -1.55. The second-order valence-electron chi connectivity index (χ2n) is 6.62. The molecule has 5 heteroatoms. The van der Waals surface area contributed by atoms with Gasteiger partial charge < -0.3 is 10.6 Å². The van der Waals surface area contributed by atoms with Crippen LogP contribution in [0.15, 0.2) is 24.3 Å². The van der Waals surface area contributed by atoms with Crippen LogP contribution in [-0.4, -0.2) is 24.9 Å². The highest BCUT2D eigenvalue weighted by Gasteiger charge is 2.42. The zero-order valence-electron chi connectivity index (χ0n) is 13.2. The van der Waals surface area contributed by atoms with Gasteiger partial charge >= 0.3 is 0 Å². The molecule has 0 heterocycles. The molecule has 124 valence electrons. The van der Waals surface area contributed by atoms with Gasteiger partial charge in [0.1, 0.15) is 0 Å². The second-order valence-corrected chi connectivity index (χ2v) is 7.05. The average molecular weight is 335 g/mol. The summed E-state index contributed by atoms with van der Waals surface area (Å²) >= 11 is 5.97. The third kappa shape index (κ3) is 3.69. The van der Waals surface area contributed by atoms with Crippen molar-refractivity contribution in [3.63, 3.8) is 0 Å². The summed E-state index contributed by atoms with van der Waals surface area (Å²) in [7, 11) is 0. The summed E-state index contributed by atoms with van der Waals surface area (Å²) in [4.78, 5) is 24.4. The molecule has 2 aliphatic rings. The molecule has 0 saturated heterocycles. The van der Waals surface area contributed by atoms with Crippen LogP contribution in [0.1, 0.15) is 44.1 Å². The molecule has 4 nitrogen and oxygen atoms in total. The molecule has 0 radical (unpaired) electrons. The van der Waals surface area contributed by atoms with E-state index in [4.69, 9.17) is 11.6 Å². The molecule has 2 aliphatic carbocycles. The van der Waals surface area contributed by atoms with Crippen molar-refractivity contribution in [2.45, 2.75) is 43.9 Å². The Bertz CT molecular complexity index is 575. The number of nitrogens with one attached hydrogen (secondary N) is 2. The Morgan fingerprint density at radius 3 is 2.26 bits per heavy atom. The molecule has 2 saturated carbocycles. The van der Waals surface area contributed by atoms with Gasteiger partial charge in [-0.15, -0.1) is 0 Å². The van der Waals surface area contributed by atoms with Crippen molar-refractivity contribution in [3.8, 4) is 0 Å². The van der Waals surface area contributed by atoms with Crippen LogP contribution in [0.5, 0.6) is 0 Å². The Morgan fingerprint density at radius 2 is 1.65 bits per heavy atom. The lowest BCUT2D eigenvalue weighted by molar-refractivity contribution is -0.127. The zero-order chi connectivity index (χ0) is 16.3. The molecule has 1 aromatic carbocycles. The van der Waals surface area contributed by atoms with E-state index in [1.807, 2.05) is 24.3 Å². The van der Waals surface area contributed by atoms with Gasteiger partial charge in [0.15, 0.2) is 0 Å². The van der Waals surface area contributed by atoms with Crippen molar-refractivity contribution >= 4 is 23.4 Å². The van der Waals surface area contributed by atoms with Gasteiger partial charge in [0, 0.05) is 24.0 Å². The third-order valence-electron chi connectivity index (χ3n) is 4.95. The summed E-state index contributed by atoms with van der Waals surface area (Å²) in [6.07, 6.45) is 5.86. The minimum atomic E-state index is -0.439. The number of carbonyl (C=O) groups excluding carboxylic acids is 2. The number of rotatable bonds is 6. The van der Waals surface area contributed by atoms with Crippen molar-refractivity contribution in [2.75, 3.05) is 13.1 Å². The molecular weight excluding hydrogens is 312 g/mol. The van der Waals surface area contributed by atoms with Gasteiger partial charge in [0.2, 0.25) is 11.8 Å². The number of hydrogen-bond donors (Lipinski definition) is 2. The lowest BCUT2D eigenvalue weighted by atomic mass is 9.78. The molecule has 2 amide bonds. The predicted octanol–water partition coefficient (Wildman–Crippen LogP) is 2.79. The van der Waals surface area contributed by atoms with E-state index in [1.54, 1.807) is 0 Å². The normalized spacial score (nSPS) is 19.3. The Kier molecular flexibility index (Phi) is 4.90. The average Bonchev–Trinajstić information content (AvgIpc) is 3.29. The van der Waals surface area contributed by atoms with Crippen LogP contribution in [0.25, 0.3) is 0 Å². The maximum atomic E-state index is 12.8. The molecule has 0 unspecified atom stereocenters. The maximum Gasteiger partial charge on any atom is 0.230 e. The summed E-state index contributed by atoms with van der Waals surface area (Å²) in [6.45, 7) is 0.977. The van der Waals surface area contributed by atoms with E-state index in [2.05, 4.69) is 10.6 Å². The fraction of sp³-hybridized carbons (Fsp3) is 0.556. The van der Waals surface area contributed by atoms with E-state index in [9.17, 15) is 9.59 Å². The summed E-state index contributed by atoms with van der Waals surface area (Å²) in [5.41, 5.74) is 0.601. The Morgan fingerprint density at radius 1 is 1.04 bits per heavy atom.